The average Bonchev–Trinajstić information content (AvgIpc) is 2.50. The number of amides is 1. The summed E-state index contributed by atoms with van der Waals surface area (Å²) in [5.41, 5.74) is 3.69. The lowest BCUT2D eigenvalue weighted by atomic mass is 10.1. The zero-order chi connectivity index (χ0) is 15.5. The van der Waals surface area contributed by atoms with Crippen molar-refractivity contribution >= 4 is 11.9 Å². The van der Waals surface area contributed by atoms with Gasteiger partial charge in [0.15, 0.2) is 0 Å². The van der Waals surface area contributed by atoms with Crippen molar-refractivity contribution in [3.05, 3.63) is 35.8 Å². The maximum atomic E-state index is 11.8. The maximum absolute atomic E-state index is 11.8. The van der Waals surface area contributed by atoms with Gasteiger partial charge >= 0.3 is 0 Å². The van der Waals surface area contributed by atoms with Crippen molar-refractivity contribution in [1.29, 1.82) is 0 Å². The number of aromatic nitrogens is 3. The van der Waals surface area contributed by atoms with Crippen molar-refractivity contribution in [2.75, 3.05) is 11.9 Å². The quantitative estimate of drug-likeness (QED) is 0.903. The van der Waals surface area contributed by atoms with Crippen molar-refractivity contribution < 1.29 is 4.79 Å². The second kappa shape index (κ2) is 6.09. The molecule has 6 heteroatoms. The molecule has 1 saturated heterocycles. The molecule has 0 aromatic carbocycles. The number of piperidine rings is 1. The number of anilines is 1. The van der Waals surface area contributed by atoms with E-state index in [9.17, 15) is 4.79 Å². The van der Waals surface area contributed by atoms with E-state index in [4.69, 9.17) is 0 Å². The maximum Gasteiger partial charge on any atom is 0.242 e. The summed E-state index contributed by atoms with van der Waals surface area (Å²) >= 11 is 0. The molecule has 1 atom stereocenters. The first kappa shape index (κ1) is 14.4. The van der Waals surface area contributed by atoms with E-state index in [1.54, 1.807) is 6.20 Å². The Balaban J connectivity index is 1.84. The predicted octanol–water partition coefficient (Wildman–Crippen LogP) is 1.85. The summed E-state index contributed by atoms with van der Waals surface area (Å²) in [6.45, 7) is 4.67. The lowest BCUT2D eigenvalue weighted by Crippen LogP contribution is -2.44. The monoisotopic (exact) mass is 297 g/mol. The number of hydrogen-bond donors (Lipinski definition) is 2. The van der Waals surface area contributed by atoms with Gasteiger partial charge in [0.25, 0.3) is 0 Å². The molecule has 0 saturated carbocycles. The van der Waals surface area contributed by atoms with Gasteiger partial charge < -0.3 is 10.6 Å². The molecule has 0 radical (unpaired) electrons. The molecular formula is C16H19N5O. The Hall–Kier alpha value is -2.50. The summed E-state index contributed by atoms with van der Waals surface area (Å²) in [5, 5.41) is 5.96. The fourth-order valence-corrected chi connectivity index (χ4v) is 2.60. The zero-order valence-corrected chi connectivity index (χ0v) is 12.8. The normalized spacial score (nSPS) is 17.9. The first-order valence-electron chi connectivity index (χ1n) is 7.45. The van der Waals surface area contributed by atoms with Crippen LogP contribution in [0.5, 0.6) is 0 Å². The molecule has 2 aromatic rings. The summed E-state index contributed by atoms with van der Waals surface area (Å²) in [7, 11) is 0. The second-order valence-corrected chi connectivity index (χ2v) is 5.48. The highest BCUT2D eigenvalue weighted by Gasteiger charge is 2.22. The third-order valence-corrected chi connectivity index (χ3v) is 3.75. The molecule has 2 N–H and O–H groups in total. The molecule has 3 rings (SSSR count). The van der Waals surface area contributed by atoms with E-state index in [1.165, 1.54) is 0 Å². The van der Waals surface area contributed by atoms with Gasteiger partial charge in [0.2, 0.25) is 11.9 Å². The van der Waals surface area contributed by atoms with Gasteiger partial charge in [0.1, 0.15) is 6.04 Å². The second-order valence-electron chi connectivity index (χ2n) is 5.48. The van der Waals surface area contributed by atoms with Crippen molar-refractivity contribution in [3.63, 3.8) is 0 Å². The van der Waals surface area contributed by atoms with Crippen LogP contribution in [0, 0.1) is 13.8 Å². The highest BCUT2D eigenvalue weighted by Crippen LogP contribution is 2.21. The van der Waals surface area contributed by atoms with Crippen molar-refractivity contribution in [3.8, 4) is 11.3 Å². The Labute approximate surface area is 129 Å². The molecule has 1 aliphatic heterocycles. The molecule has 1 aliphatic rings. The van der Waals surface area contributed by atoms with Gasteiger partial charge in [-0.05, 0) is 44.9 Å². The molecule has 1 fully saturated rings. The number of carbonyl (C=O) groups excluding carboxylic acids is 1. The van der Waals surface area contributed by atoms with Crippen LogP contribution in [-0.2, 0) is 4.79 Å². The topological polar surface area (TPSA) is 79.8 Å². The smallest absolute Gasteiger partial charge is 0.242 e. The van der Waals surface area contributed by atoms with Crippen LogP contribution in [0.15, 0.2) is 24.4 Å². The predicted molar refractivity (Wildman–Crippen MR) is 84.4 cm³/mol. The lowest BCUT2D eigenvalue weighted by molar-refractivity contribution is -0.123. The van der Waals surface area contributed by atoms with E-state index in [-0.39, 0.29) is 11.9 Å². The molecule has 6 nitrogen and oxygen atoms in total. The molecule has 0 bridgehead atoms. The molecule has 2 aromatic heterocycles. The summed E-state index contributed by atoms with van der Waals surface area (Å²) in [4.78, 5) is 25.0. The molecular weight excluding hydrogens is 278 g/mol. The molecule has 0 aliphatic carbocycles. The van der Waals surface area contributed by atoms with Crippen LogP contribution in [0.3, 0.4) is 0 Å². The summed E-state index contributed by atoms with van der Waals surface area (Å²) in [6.07, 6.45) is 3.46. The van der Waals surface area contributed by atoms with Gasteiger partial charge in [-0.25, -0.2) is 9.97 Å². The van der Waals surface area contributed by atoms with E-state index in [0.29, 0.717) is 5.95 Å². The highest BCUT2D eigenvalue weighted by atomic mass is 16.2. The molecule has 114 valence electrons. The van der Waals surface area contributed by atoms with Crippen LogP contribution in [0.25, 0.3) is 11.3 Å². The lowest BCUT2D eigenvalue weighted by Gasteiger charge is -2.22. The summed E-state index contributed by atoms with van der Waals surface area (Å²) in [6, 6.07) is 5.57. The van der Waals surface area contributed by atoms with Gasteiger partial charge in [-0.15, -0.1) is 0 Å². The van der Waals surface area contributed by atoms with Gasteiger partial charge in [0.05, 0.1) is 5.69 Å². The first-order valence-corrected chi connectivity index (χ1v) is 7.45. The average molecular weight is 297 g/mol. The zero-order valence-electron chi connectivity index (χ0n) is 12.8. The molecule has 0 spiro atoms. The van der Waals surface area contributed by atoms with Crippen LogP contribution in [0.2, 0.25) is 0 Å². The Morgan fingerprint density at radius 1 is 1.23 bits per heavy atom. The number of carbonyl (C=O) groups is 1. The Morgan fingerprint density at radius 2 is 2.09 bits per heavy atom. The van der Waals surface area contributed by atoms with Crippen LogP contribution < -0.4 is 10.6 Å². The first-order chi connectivity index (χ1) is 10.6. The van der Waals surface area contributed by atoms with Crippen LogP contribution in [-0.4, -0.2) is 33.4 Å². The number of nitrogens with zero attached hydrogens (tertiary/aromatic N) is 3. The third kappa shape index (κ3) is 3.05. The minimum atomic E-state index is -0.263. The minimum absolute atomic E-state index is 0.00781. The van der Waals surface area contributed by atoms with E-state index < -0.39 is 0 Å². The molecule has 3 heterocycles. The Morgan fingerprint density at radius 3 is 2.86 bits per heavy atom. The summed E-state index contributed by atoms with van der Waals surface area (Å²) < 4.78 is 0. The van der Waals surface area contributed by atoms with E-state index in [2.05, 4.69) is 25.6 Å². The molecule has 0 unspecified atom stereocenters. The van der Waals surface area contributed by atoms with E-state index in [1.807, 2.05) is 32.0 Å². The van der Waals surface area contributed by atoms with E-state index in [0.717, 1.165) is 42.0 Å². The standard InChI is InChI=1S/C16H19N5O/c1-10-5-6-12(11(2)19-10)13-7-9-18-16(20-13)21-14-4-3-8-17-15(14)22/h5-7,9,14H,3-4,8H2,1-2H3,(H,17,22)(H,18,20,21)/t14-/m1/s1. The Kier molecular flexibility index (Phi) is 4.00. The fraction of sp³-hybridized carbons (Fsp3) is 0.375. The van der Waals surface area contributed by atoms with Crippen LogP contribution >= 0.6 is 0 Å². The summed E-state index contributed by atoms with van der Waals surface area (Å²) in [5.74, 6) is 0.480. The van der Waals surface area contributed by atoms with Crippen molar-refractivity contribution in [2.45, 2.75) is 32.7 Å². The van der Waals surface area contributed by atoms with E-state index >= 15 is 0 Å². The largest absolute Gasteiger partial charge is 0.354 e. The number of pyridine rings is 1. The number of aryl methyl sites for hydroxylation is 2. The van der Waals surface area contributed by atoms with Crippen molar-refractivity contribution in [1.82, 2.24) is 20.3 Å². The number of hydrogen-bond acceptors (Lipinski definition) is 5. The van der Waals surface area contributed by atoms with Gasteiger partial charge in [-0.2, -0.15) is 0 Å². The number of nitrogens with one attached hydrogen (secondary N) is 2. The van der Waals surface area contributed by atoms with Crippen LogP contribution in [0.4, 0.5) is 5.95 Å². The third-order valence-electron chi connectivity index (χ3n) is 3.75. The van der Waals surface area contributed by atoms with Gasteiger partial charge in [-0.1, -0.05) is 0 Å². The number of rotatable bonds is 3. The fourth-order valence-electron chi connectivity index (χ4n) is 2.60. The van der Waals surface area contributed by atoms with Gasteiger partial charge in [-0.3, -0.25) is 9.78 Å². The van der Waals surface area contributed by atoms with Gasteiger partial charge in [0, 0.05) is 29.7 Å². The van der Waals surface area contributed by atoms with Crippen LogP contribution in [0.1, 0.15) is 24.2 Å². The SMILES string of the molecule is Cc1ccc(-c2ccnc(N[C@@H]3CCCNC3=O)n2)c(C)n1. The molecule has 22 heavy (non-hydrogen) atoms. The minimum Gasteiger partial charge on any atom is -0.354 e. The highest BCUT2D eigenvalue weighted by molar-refractivity contribution is 5.84. The van der Waals surface area contributed by atoms with Crippen molar-refractivity contribution in [2.24, 2.45) is 0 Å². The Bertz CT molecular complexity index is 701. The molecule has 1 amide bonds.